The highest BCUT2D eigenvalue weighted by Crippen LogP contribution is 2.37. The van der Waals surface area contributed by atoms with Crippen LogP contribution in [-0.4, -0.2) is 47.1 Å². The Hall–Kier alpha value is -3.17. The molecule has 1 saturated heterocycles. The molecule has 6 nitrogen and oxygen atoms in total. The van der Waals surface area contributed by atoms with Gasteiger partial charge in [0, 0.05) is 55.1 Å². The molecule has 3 aliphatic rings. The maximum absolute atomic E-state index is 8.92. The lowest BCUT2D eigenvalue weighted by molar-refractivity contribution is 0.184. The summed E-state index contributed by atoms with van der Waals surface area (Å²) in [6.45, 7) is 18.2. The zero-order valence-electron chi connectivity index (χ0n) is 18.3. The van der Waals surface area contributed by atoms with Crippen molar-refractivity contribution in [2.75, 3.05) is 31.1 Å². The molecule has 2 unspecified atom stereocenters. The van der Waals surface area contributed by atoms with Crippen LogP contribution in [0.3, 0.4) is 0 Å². The minimum absolute atomic E-state index is 0.498. The van der Waals surface area contributed by atoms with Crippen molar-refractivity contribution in [2.45, 2.75) is 32.2 Å². The average molecular weight is 415 g/mol. The number of allylic oxidation sites excluding steroid dienone is 5. The van der Waals surface area contributed by atoms with Gasteiger partial charge in [0.15, 0.2) is 0 Å². The number of nitrogens with zero attached hydrogens (tertiary/aromatic N) is 5. The summed E-state index contributed by atoms with van der Waals surface area (Å²) < 4.78 is 0. The largest absolute Gasteiger partial charge is 0.359 e. The molecule has 160 valence electrons. The van der Waals surface area contributed by atoms with Crippen LogP contribution in [0.25, 0.3) is 0 Å². The van der Waals surface area contributed by atoms with Gasteiger partial charge in [0.1, 0.15) is 6.07 Å². The van der Waals surface area contributed by atoms with Crippen LogP contribution in [0.1, 0.15) is 31.7 Å². The van der Waals surface area contributed by atoms with Crippen molar-refractivity contribution in [3.8, 4) is 6.07 Å². The number of nitrogens with one attached hydrogen (secondary N) is 1. The third-order valence-corrected chi connectivity index (χ3v) is 6.57. The molecule has 1 N–H and O–H groups in total. The maximum Gasteiger partial charge on any atom is 0.225 e. The highest BCUT2D eigenvalue weighted by Gasteiger charge is 2.34. The molecule has 0 radical (unpaired) electrons. The van der Waals surface area contributed by atoms with Gasteiger partial charge in [-0.2, -0.15) is 5.26 Å². The monoisotopic (exact) mass is 414 g/mol. The molecular formula is C25H30N6. The van der Waals surface area contributed by atoms with E-state index in [0.717, 1.165) is 61.0 Å². The van der Waals surface area contributed by atoms with Gasteiger partial charge in [-0.15, -0.1) is 0 Å². The van der Waals surface area contributed by atoms with Crippen molar-refractivity contribution < 1.29 is 0 Å². The van der Waals surface area contributed by atoms with Gasteiger partial charge in [-0.1, -0.05) is 25.8 Å². The Balaban J connectivity index is 1.37. The Morgan fingerprint density at radius 2 is 1.94 bits per heavy atom. The molecule has 6 heteroatoms. The molecule has 3 heterocycles. The van der Waals surface area contributed by atoms with E-state index in [1.165, 1.54) is 18.5 Å². The predicted molar refractivity (Wildman–Crippen MR) is 124 cm³/mol. The van der Waals surface area contributed by atoms with Gasteiger partial charge < -0.3 is 10.2 Å². The molecular weight excluding hydrogens is 384 g/mol. The third kappa shape index (κ3) is 4.33. The summed E-state index contributed by atoms with van der Waals surface area (Å²) in [4.78, 5) is 13.5. The molecule has 1 saturated carbocycles. The SMILES string of the molecule is C=CC1=C(C(=C)C)C(=C)NC(C2CCC(N3CCN(c4ncc(C#N)cn4)CC3)C2)=C1. The van der Waals surface area contributed by atoms with Gasteiger partial charge >= 0.3 is 0 Å². The lowest BCUT2D eigenvalue weighted by Crippen LogP contribution is -2.50. The van der Waals surface area contributed by atoms with Gasteiger partial charge in [0.05, 0.1) is 18.0 Å². The fourth-order valence-electron chi connectivity index (χ4n) is 4.97. The molecule has 0 aromatic carbocycles. The summed E-state index contributed by atoms with van der Waals surface area (Å²) >= 11 is 0. The Kier molecular flexibility index (Phi) is 6.06. The van der Waals surface area contributed by atoms with Crippen molar-refractivity contribution in [3.63, 3.8) is 0 Å². The Morgan fingerprint density at radius 3 is 2.55 bits per heavy atom. The van der Waals surface area contributed by atoms with Crippen molar-refractivity contribution in [1.82, 2.24) is 20.2 Å². The number of hydrogen-bond donors (Lipinski definition) is 1. The van der Waals surface area contributed by atoms with E-state index >= 15 is 0 Å². The van der Waals surface area contributed by atoms with Gasteiger partial charge in [-0.05, 0) is 43.4 Å². The van der Waals surface area contributed by atoms with E-state index < -0.39 is 0 Å². The van der Waals surface area contributed by atoms with Crippen LogP contribution in [0.2, 0.25) is 0 Å². The Labute approximate surface area is 185 Å². The van der Waals surface area contributed by atoms with Crippen LogP contribution in [0, 0.1) is 17.2 Å². The van der Waals surface area contributed by atoms with E-state index in [2.05, 4.69) is 57.0 Å². The minimum atomic E-state index is 0.498. The van der Waals surface area contributed by atoms with Crippen molar-refractivity contribution in [2.24, 2.45) is 5.92 Å². The Morgan fingerprint density at radius 1 is 1.23 bits per heavy atom. The van der Waals surface area contributed by atoms with Crippen LogP contribution in [0.4, 0.5) is 5.95 Å². The van der Waals surface area contributed by atoms with Crippen LogP contribution in [-0.2, 0) is 0 Å². The molecule has 2 aliphatic heterocycles. The molecule has 31 heavy (non-hydrogen) atoms. The zero-order valence-corrected chi connectivity index (χ0v) is 18.3. The number of piperazine rings is 1. The Bertz CT molecular complexity index is 986. The first-order valence-corrected chi connectivity index (χ1v) is 10.9. The number of nitriles is 1. The second-order valence-corrected chi connectivity index (χ2v) is 8.59. The highest BCUT2D eigenvalue weighted by atomic mass is 15.3. The minimum Gasteiger partial charge on any atom is -0.359 e. The predicted octanol–water partition coefficient (Wildman–Crippen LogP) is 3.70. The molecule has 1 aliphatic carbocycles. The van der Waals surface area contributed by atoms with Crippen LogP contribution >= 0.6 is 0 Å². The molecule has 1 aromatic rings. The van der Waals surface area contributed by atoms with E-state index in [-0.39, 0.29) is 0 Å². The molecule has 0 amide bonds. The number of dihydropyridines is 1. The molecule has 4 rings (SSSR count). The van der Waals surface area contributed by atoms with Crippen molar-refractivity contribution in [1.29, 1.82) is 5.26 Å². The lowest BCUT2D eigenvalue weighted by Gasteiger charge is -2.38. The smallest absolute Gasteiger partial charge is 0.225 e. The van der Waals surface area contributed by atoms with E-state index in [9.17, 15) is 0 Å². The van der Waals surface area contributed by atoms with Gasteiger partial charge in [0.25, 0.3) is 0 Å². The molecule has 2 fully saturated rings. The normalized spacial score (nSPS) is 24.5. The maximum atomic E-state index is 8.92. The number of anilines is 1. The fraction of sp³-hybridized carbons (Fsp3) is 0.400. The van der Waals surface area contributed by atoms with Crippen LogP contribution in [0.5, 0.6) is 0 Å². The number of hydrogen-bond acceptors (Lipinski definition) is 6. The van der Waals surface area contributed by atoms with Crippen LogP contribution in [0.15, 0.2) is 72.4 Å². The average Bonchev–Trinajstić information content (AvgIpc) is 3.29. The molecule has 0 bridgehead atoms. The second kappa shape index (κ2) is 8.91. The number of aromatic nitrogens is 2. The quantitative estimate of drug-likeness (QED) is 0.792. The zero-order chi connectivity index (χ0) is 22.0. The molecule has 2 atom stereocenters. The summed E-state index contributed by atoms with van der Waals surface area (Å²) in [6.07, 6.45) is 10.9. The highest BCUT2D eigenvalue weighted by molar-refractivity contribution is 5.57. The van der Waals surface area contributed by atoms with Crippen molar-refractivity contribution >= 4 is 5.95 Å². The van der Waals surface area contributed by atoms with Gasteiger partial charge in [-0.3, -0.25) is 4.90 Å². The van der Waals surface area contributed by atoms with E-state index in [0.29, 0.717) is 17.5 Å². The van der Waals surface area contributed by atoms with E-state index in [4.69, 9.17) is 5.26 Å². The molecule has 0 spiro atoms. The first-order valence-electron chi connectivity index (χ1n) is 10.9. The summed E-state index contributed by atoms with van der Waals surface area (Å²) in [5, 5.41) is 12.5. The summed E-state index contributed by atoms with van der Waals surface area (Å²) in [7, 11) is 0. The van der Waals surface area contributed by atoms with Crippen LogP contribution < -0.4 is 10.2 Å². The van der Waals surface area contributed by atoms with Gasteiger partial charge in [0.2, 0.25) is 5.95 Å². The summed E-state index contributed by atoms with van der Waals surface area (Å²) in [5.74, 6) is 1.23. The van der Waals surface area contributed by atoms with E-state index in [1.807, 2.05) is 13.0 Å². The third-order valence-electron chi connectivity index (χ3n) is 6.57. The lowest BCUT2D eigenvalue weighted by atomic mass is 9.91. The summed E-state index contributed by atoms with van der Waals surface area (Å²) in [6, 6.07) is 2.67. The number of rotatable bonds is 5. The standard InChI is InChI=1S/C25H30N6/c1-5-20-13-23(29-18(4)24(20)17(2)3)21-6-7-22(12-21)30-8-10-31(11-9-30)25-27-15-19(14-26)16-28-25/h5,13,15-16,21-22,29H,1-2,4,6-12H2,3H3. The molecule has 1 aromatic heterocycles. The fourth-order valence-corrected chi connectivity index (χ4v) is 4.97. The summed E-state index contributed by atoms with van der Waals surface area (Å²) in [5.41, 5.74) is 5.89. The van der Waals surface area contributed by atoms with Crippen molar-refractivity contribution in [3.05, 3.63) is 78.0 Å². The first kappa shape index (κ1) is 21.1. The topological polar surface area (TPSA) is 68.1 Å². The first-order chi connectivity index (χ1) is 15.0. The van der Waals surface area contributed by atoms with Gasteiger partial charge in [-0.25, -0.2) is 9.97 Å². The second-order valence-electron chi connectivity index (χ2n) is 8.59. The van der Waals surface area contributed by atoms with E-state index in [1.54, 1.807) is 12.4 Å².